The summed E-state index contributed by atoms with van der Waals surface area (Å²) in [5.41, 5.74) is 5.75. The molecule has 100 valence electrons. The molecule has 0 amide bonds. The zero-order chi connectivity index (χ0) is 14.1. The standard InChI is InChI=1S/C16H15N3O/c1-11-5-7-13(8-6-11)15-14(10-17-20)19-9-3-4-12(2)16(19)18-15/h3-10,20H,1-2H3/b17-10+. The van der Waals surface area contributed by atoms with Crippen LogP contribution in [0.4, 0.5) is 0 Å². The topological polar surface area (TPSA) is 49.9 Å². The van der Waals surface area contributed by atoms with Crippen LogP contribution in [0, 0.1) is 13.8 Å². The lowest BCUT2D eigenvalue weighted by Gasteiger charge is -2.00. The fourth-order valence-corrected chi connectivity index (χ4v) is 2.32. The van der Waals surface area contributed by atoms with Gasteiger partial charge in [0.15, 0.2) is 0 Å². The van der Waals surface area contributed by atoms with Gasteiger partial charge in [-0.25, -0.2) is 4.98 Å². The normalized spacial score (nSPS) is 11.5. The minimum atomic E-state index is 0.773. The van der Waals surface area contributed by atoms with Crippen LogP contribution in [0.3, 0.4) is 0 Å². The summed E-state index contributed by atoms with van der Waals surface area (Å²) in [5, 5.41) is 12.1. The van der Waals surface area contributed by atoms with Crippen LogP contribution in [-0.2, 0) is 0 Å². The van der Waals surface area contributed by atoms with Crippen molar-refractivity contribution in [1.29, 1.82) is 0 Å². The van der Waals surface area contributed by atoms with Crippen molar-refractivity contribution >= 4 is 11.9 Å². The zero-order valence-corrected chi connectivity index (χ0v) is 11.4. The Kier molecular flexibility index (Phi) is 2.99. The van der Waals surface area contributed by atoms with Crippen molar-refractivity contribution in [2.24, 2.45) is 5.16 Å². The van der Waals surface area contributed by atoms with E-state index < -0.39 is 0 Å². The molecular formula is C16H15N3O. The third-order valence-electron chi connectivity index (χ3n) is 3.39. The van der Waals surface area contributed by atoms with Gasteiger partial charge in [0.2, 0.25) is 0 Å². The Morgan fingerprint density at radius 3 is 2.60 bits per heavy atom. The van der Waals surface area contributed by atoms with Gasteiger partial charge in [-0.3, -0.25) is 4.40 Å². The summed E-state index contributed by atoms with van der Waals surface area (Å²) in [6, 6.07) is 12.1. The van der Waals surface area contributed by atoms with Crippen molar-refractivity contribution in [3.05, 3.63) is 59.4 Å². The average Bonchev–Trinajstić information content (AvgIpc) is 2.81. The summed E-state index contributed by atoms with van der Waals surface area (Å²) in [6.45, 7) is 4.06. The number of benzene rings is 1. The minimum Gasteiger partial charge on any atom is -0.411 e. The highest BCUT2D eigenvalue weighted by Crippen LogP contribution is 2.25. The highest BCUT2D eigenvalue weighted by molar-refractivity contribution is 5.89. The molecule has 4 heteroatoms. The molecule has 0 saturated heterocycles. The number of rotatable bonds is 2. The Bertz CT molecular complexity index is 785. The van der Waals surface area contributed by atoms with E-state index in [1.807, 2.05) is 60.8 Å². The van der Waals surface area contributed by atoms with Gasteiger partial charge in [0.05, 0.1) is 17.6 Å². The van der Waals surface area contributed by atoms with Gasteiger partial charge in [-0.15, -0.1) is 0 Å². The van der Waals surface area contributed by atoms with Gasteiger partial charge >= 0.3 is 0 Å². The van der Waals surface area contributed by atoms with Gasteiger partial charge in [0.1, 0.15) is 5.65 Å². The molecular weight excluding hydrogens is 250 g/mol. The van der Waals surface area contributed by atoms with Crippen molar-refractivity contribution in [3.63, 3.8) is 0 Å². The van der Waals surface area contributed by atoms with Crippen molar-refractivity contribution in [2.45, 2.75) is 13.8 Å². The monoisotopic (exact) mass is 265 g/mol. The predicted octanol–water partition coefficient (Wildman–Crippen LogP) is 3.43. The third-order valence-corrected chi connectivity index (χ3v) is 3.39. The van der Waals surface area contributed by atoms with Crippen LogP contribution in [0.15, 0.2) is 47.8 Å². The van der Waals surface area contributed by atoms with Gasteiger partial charge in [-0.2, -0.15) is 0 Å². The largest absolute Gasteiger partial charge is 0.411 e. The second-order valence-corrected chi connectivity index (χ2v) is 4.84. The van der Waals surface area contributed by atoms with E-state index in [-0.39, 0.29) is 0 Å². The Hall–Kier alpha value is -2.62. The molecule has 0 saturated carbocycles. The summed E-state index contributed by atoms with van der Waals surface area (Å²) in [4.78, 5) is 4.69. The van der Waals surface area contributed by atoms with Crippen LogP contribution in [0.5, 0.6) is 0 Å². The van der Waals surface area contributed by atoms with Crippen molar-refractivity contribution in [1.82, 2.24) is 9.38 Å². The highest BCUT2D eigenvalue weighted by Gasteiger charge is 2.13. The van der Waals surface area contributed by atoms with Gasteiger partial charge in [0, 0.05) is 11.8 Å². The first-order valence-corrected chi connectivity index (χ1v) is 6.43. The average molecular weight is 265 g/mol. The number of pyridine rings is 1. The molecule has 2 aromatic heterocycles. The van der Waals surface area contributed by atoms with Crippen LogP contribution in [0.2, 0.25) is 0 Å². The van der Waals surface area contributed by atoms with Gasteiger partial charge in [0.25, 0.3) is 0 Å². The number of imidazole rings is 1. The maximum absolute atomic E-state index is 8.91. The Labute approximate surface area is 117 Å². The van der Waals surface area contributed by atoms with E-state index in [0.29, 0.717) is 0 Å². The Morgan fingerprint density at radius 1 is 1.15 bits per heavy atom. The predicted molar refractivity (Wildman–Crippen MR) is 79.5 cm³/mol. The summed E-state index contributed by atoms with van der Waals surface area (Å²) >= 11 is 0. The molecule has 3 rings (SSSR count). The van der Waals surface area contributed by atoms with E-state index in [0.717, 1.165) is 28.2 Å². The lowest BCUT2D eigenvalue weighted by molar-refractivity contribution is 0.321. The van der Waals surface area contributed by atoms with Crippen LogP contribution in [0.25, 0.3) is 16.9 Å². The van der Waals surface area contributed by atoms with Gasteiger partial charge in [-0.05, 0) is 25.5 Å². The fourth-order valence-electron chi connectivity index (χ4n) is 2.32. The smallest absolute Gasteiger partial charge is 0.140 e. The molecule has 2 heterocycles. The molecule has 0 bridgehead atoms. The van der Waals surface area contributed by atoms with Crippen LogP contribution in [0.1, 0.15) is 16.8 Å². The van der Waals surface area contributed by atoms with E-state index in [9.17, 15) is 0 Å². The molecule has 1 N–H and O–H groups in total. The number of oxime groups is 1. The van der Waals surface area contributed by atoms with E-state index >= 15 is 0 Å². The molecule has 0 aliphatic heterocycles. The Balaban J connectivity index is 2.31. The molecule has 20 heavy (non-hydrogen) atoms. The molecule has 0 atom stereocenters. The van der Waals surface area contributed by atoms with E-state index in [2.05, 4.69) is 5.16 Å². The summed E-state index contributed by atoms with van der Waals surface area (Å²) in [7, 11) is 0. The maximum atomic E-state index is 8.91. The Morgan fingerprint density at radius 2 is 1.90 bits per heavy atom. The number of hydrogen-bond acceptors (Lipinski definition) is 3. The van der Waals surface area contributed by atoms with Gasteiger partial charge < -0.3 is 5.21 Å². The third kappa shape index (κ3) is 1.95. The molecule has 3 aromatic rings. The first-order valence-electron chi connectivity index (χ1n) is 6.43. The van der Waals surface area contributed by atoms with Crippen molar-refractivity contribution in [3.8, 4) is 11.3 Å². The maximum Gasteiger partial charge on any atom is 0.140 e. The molecule has 0 radical (unpaired) electrons. The van der Waals surface area contributed by atoms with Crippen LogP contribution >= 0.6 is 0 Å². The van der Waals surface area contributed by atoms with E-state index in [1.165, 1.54) is 11.8 Å². The second-order valence-electron chi connectivity index (χ2n) is 4.84. The second kappa shape index (κ2) is 4.81. The number of nitrogens with zero attached hydrogens (tertiary/aromatic N) is 3. The first kappa shape index (κ1) is 12.4. The first-order chi connectivity index (χ1) is 9.70. The van der Waals surface area contributed by atoms with E-state index in [4.69, 9.17) is 10.2 Å². The summed E-state index contributed by atoms with van der Waals surface area (Å²) in [6.07, 6.45) is 3.35. The molecule has 0 unspecified atom stereocenters. The van der Waals surface area contributed by atoms with Crippen molar-refractivity contribution < 1.29 is 5.21 Å². The number of aromatic nitrogens is 2. The molecule has 1 aromatic carbocycles. The van der Waals surface area contributed by atoms with Gasteiger partial charge in [-0.1, -0.05) is 41.1 Å². The fraction of sp³-hybridized carbons (Fsp3) is 0.125. The van der Waals surface area contributed by atoms with Crippen molar-refractivity contribution in [2.75, 3.05) is 0 Å². The zero-order valence-electron chi connectivity index (χ0n) is 11.4. The summed E-state index contributed by atoms with van der Waals surface area (Å²) < 4.78 is 1.93. The molecule has 4 nitrogen and oxygen atoms in total. The number of fused-ring (bicyclic) bond motifs is 1. The lowest BCUT2D eigenvalue weighted by Crippen LogP contribution is -1.93. The minimum absolute atomic E-state index is 0.773. The summed E-state index contributed by atoms with van der Waals surface area (Å²) in [5.74, 6) is 0. The molecule has 0 fully saturated rings. The lowest BCUT2D eigenvalue weighted by atomic mass is 10.1. The molecule has 0 aliphatic carbocycles. The van der Waals surface area contributed by atoms with Crippen LogP contribution < -0.4 is 0 Å². The van der Waals surface area contributed by atoms with Crippen LogP contribution in [-0.4, -0.2) is 20.8 Å². The quantitative estimate of drug-likeness (QED) is 0.438. The molecule has 0 aliphatic rings. The SMILES string of the molecule is Cc1ccc(-c2nc3c(C)cccn3c2/C=N/O)cc1. The highest BCUT2D eigenvalue weighted by atomic mass is 16.4. The number of hydrogen-bond donors (Lipinski definition) is 1. The van der Waals surface area contributed by atoms with E-state index in [1.54, 1.807) is 0 Å². The number of aryl methyl sites for hydroxylation is 2. The molecule has 0 spiro atoms.